The standard InChI is InChI=1S/C30H39FN6O3/c31-24-15-22(16-25(18-24)35-9-7-32-8-10-35)29(38)36-11-13-37(14-12-36)30(39)23-17-27(21-3-1-2-4-21)28(34-19-23)40-26-5-6-33-20-26/h15-19,21,26,32-33H,1-14,20H2/t26-/m0/s1. The summed E-state index contributed by atoms with van der Waals surface area (Å²) in [6.45, 7) is 6.66. The normalized spacial score (nSPS) is 22.1. The summed E-state index contributed by atoms with van der Waals surface area (Å²) in [6, 6.07) is 6.58. The number of aromatic nitrogens is 1. The highest BCUT2D eigenvalue weighted by Crippen LogP contribution is 2.39. The summed E-state index contributed by atoms with van der Waals surface area (Å²) in [5.74, 6) is 0.366. The summed E-state index contributed by atoms with van der Waals surface area (Å²) >= 11 is 0. The van der Waals surface area contributed by atoms with Crippen LogP contribution in [0.15, 0.2) is 30.5 Å². The number of pyridine rings is 1. The third-order valence-electron chi connectivity index (χ3n) is 8.68. The van der Waals surface area contributed by atoms with Crippen LogP contribution in [0.3, 0.4) is 0 Å². The van der Waals surface area contributed by atoms with E-state index in [1.165, 1.54) is 25.0 Å². The van der Waals surface area contributed by atoms with Crippen molar-refractivity contribution in [2.24, 2.45) is 0 Å². The first kappa shape index (κ1) is 27.0. The second kappa shape index (κ2) is 12.1. The molecule has 3 saturated heterocycles. The molecule has 4 aliphatic rings. The second-order valence-electron chi connectivity index (χ2n) is 11.4. The molecule has 1 aliphatic carbocycles. The van der Waals surface area contributed by atoms with Gasteiger partial charge in [-0.15, -0.1) is 0 Å². The van der Waals surface area contributed by atoms with Crippen molar-refractivity contribution in [3.8, 4) is 5.88 Å². The van der Waals surface area contributed by atoms with Gasteiger partial charge in [-0.1, -0.05) is 12.8 Å². The minimum atomic E-state index is -0.407. The van der Waals surface area contributed by atoms with E-state index >= 15 is 0 Å². The Labute approximate surface area is 235 Å². The molecule has 3 aliphatic heterocycles. The van der Waals surface area contributed by atoms with Gasteiger partial charge in [0.15, 0.2) is 0 Å². The number of nitrogens with one attached hydrogen (secondary N) is 2. The Bertz CT molecular complexity index is 1220. The van der Waals surface area contributed by atoms with Crippen molar-refractivity contribution in [3.05, 3.63) is 53.0 Å². The molecule has 1 aromatic carbocycles. The Morgan fingerprint density at radius 3 is 2.20 bits per heavy atom. The van der Waals surface area contributed by atoms with E-state index in [0.29, 0.717) is 49.1 Å². The molecule has 6 rings (SSSR count). The van der Waals surface area contributed by atoms with E-state index in [1.807, 2.05) is 6.07 Å². The average Bonchev–Trinajstić information content (AvgIpc) is 3.72. The lowest BCUT2D eigenvalue weighted by Crippen LogP contribution is -2.50. The van der Waals surface area contributed by atoms with E-state index in [9.17, 15) is 14.0 Å². The molecule has 1 atom stereocenters. The third-order valence-corrected chi connectivity index (χ3v) is 8.68. The molecular weight excluding hydrogens is 511 g/mol. The lowest BCUT2D eigenvalue weighted by atomic mass is 9.97. The van der Waals surface area contributed by atoms with Gasteiger partial charge in [0, 0.05) is 81.9 Å². The number of anilines is 1. The lowest BCUT2D eigenvalue weighted by Gasteiger charge is -2.35. The van der Waals surface area contributed by atoms with E-state index < -0.39 is 5.82 Å². The smallest absolute Gasteiger partial charge is 0.255 e. The van der Waals surface area contributed by atoms with E-state index in [1.54, 1.807) is 22.1 Å². The molecule has 2 amide bonds. The van der Waals surface area contributed by atoms with Crippen LogP contribution in [-0.4, -0.2) is 98.1 Å². The van der Waals surface area contributed by atoms with Crippen molar-refractivity contribution in [1.82, 2.24) is 25.4 Å². The molecule has 1 aromatic heterocycles. The molecule has 2 N–H and O–H groups in total. The monoisotopic (exact) mass is 550 g/mol. The number of carbonyl (C=O) groups excluding carboxylic acids is 2. The van der Waals surface area contributed by atoms with E-state index in [-0.39, 0.29) is 17.9 Å². The first-order valence-corrected chi connectivity index (χ1v) is 14.8. The zero-order valence-electron chi connectivity index (χ0n) is 23.0. The van der Waals surface area contributed by atoms with Crippen LogP contribution >= 0.6 is 0 Å². The zero-order chi connectivity index (χ0) is 27.5. The molecule has 0 radical (unpaired) electrons. The summed E-state index contributed by atoms with van der Waals surface area (Å²) in [5.41, 5.74) is 2.72. The van der Waals surface area contributed by atoms with Crippen LogP contribution in [0.4, 0.5) is 10.1 Å². The van der Waals surface area contributed by atoms with Gasteiger partial charge >= 0.3 is 0 Å². The van der Waals surface area contributed by atoms with Gasteiger partial charge in [0.25, 0.3) is 11.8 Å². The zero-order valence-corrected chi connectivity index (χ0v) is 23.0. The van der Waals surface area contributed by atoms with Gasteiger partial charge in [0.05, 0.1) is 5.56 Å². The maximum atomic E-state index is 14.5. The molecule has 1 saturated carbocycles. The van der Waals surface area contributed by atoms with Crippen LogP contribution in [0.2, 0.25) is 0 Å². The number of halogens is 1. The summed E-state index contributed by atoms with van der Waals surface area (Å²) in [5, 5.41) is 6.62. The van der Waals surface area contributed by atoms with E-state index in [2.05, 4.69) is 20.5 Å². The Kier molecular flexibility index (Phi) is 8.15. The summed E-state index contributed by atoms with van der Waals surface area (Å²) in [4.78, 5) is 37.0. The van der Waals surface area contributed by atoms with E-state index in [0.717, 1.165) is 69.8 Å². The van der Waals surface area contributed by atoms with Crippen LogP contribution in [0.1, 0.15) is 64.3 Å². The van der Waals surface area contributed by atoms with Crippen molar-refractivity contribution >= 4 is 17.5 Å². The number of ether oxygens (including phenoxy) is 1. The Hall–Kier alpha value is -3.24. The summed E-state index contributed by atoms with van der Waals surface area (Å²) in [6.07, 6.45) is 7.27. The number of nitrogens with zero attached hydrogens (tertiary/aromatic N) is 4. The molecule has 214 valence electrons. The maximum Gasteiger partial charge on any atom is 0.255 e. The maximum absolute atomic E-state index is 14.5. The quantitative estimate of drug-likeness (QED) is 0.572. The third kappa shape index (κ3) is 5.93. The SMILES string of the molecule is O=C(c1cc(F)cc(N2CCNCC2)c1)N1CCN(C(=O)c2cnc(O[C@H]3CCNC3)c(C3CCCC3)c2)CC1. The van der Waals surface area contributed by atoms with Gasteiger partial charge in [-0.25, -0.2) is 9.37 Å². The highest BCUT2D eigenvalue weighted by atomic mass is 19.1. The number of piperazine rings is 2. The van der Waals surface area contributed by atoms with Crippen molar-refractivity contribution < 1.29 is 18.7 Å². The molecule has 0 bridgehead atoms. The van der Waals surface area contributed by atoms with Gasteiger partial charge in [-0.2, -0.15) is 0 Å². The summed E-state index contributed by atoms with van der Waals surface area (Å²) in [7, 11) is 0. The highest BCUT2D eigenvalue weighted by Gasteiger charge is 2.29. The fraction of sp³-hybridized carbons (Fsp3) is 0.567. The highest BCUT2D eigenvalue weighted by molar-refractivity contribution is 5.96. The van der Waals surface area contributed by atoms with Crippen molar-refractivity contribution in [2.45, 2.75) is 44.1 Å². The molecular formula is C30H39FN6O3. The van der Waals surface area contributed by atoms with Gasteiger partial charge in [0.1, 0.15) is 11.9 Å². The van der Waals surface area contributed by atoms with Crippen molar-refractivity contribution in [3.63, 3.8) is 0 Å². The first-order valence-electron chi connectivity index (χ1n) is 14.8. The average molecular weight is 551 g/mol. The van der Waals surface area contributed by atoms with Crippen LogP contribution < -0.4 is 20.3 Å². The number of benzene rings is 1. The van der Waals surface area contributed by atoms with Gasteiger partial charge in [0.2, 0.25) is 5.88 Å². The van der Waals surface area contributed by atoms with Crippen molar-refractivity contribution in [1.29, 1.82) is 0 Å². The number of carbonyl (C=O) groups is 2. The van der Waals surface area contributed by atoms with Crippen LogP contribution in [-0.2, 0) is 0 Å². The largest absolute Gasteiger partial charge is 0.473 e. The Morgan fingerprint density at radius 2 is 1.52 bits per heavy atom. The second-order valence-corrected chi connectivity index (χ2v) is 11.4. The molecule has 40 heavy (non-hydrogen) atoms. The van der Waals surface area contributed by atoms with Gasteiger partial charge in [-0.05, 0) is 56.0 Å². The number of rotatable bonds is 6. The summed E-state index contributed by atoms with van der Waals surface area (Å²) < 4.78 is 20.7. The van der Waals surface area contributed by atoms with Crippen molar-refractivity contribution in [2.75, 3.05) is 70.3 Å². The molecule has 0 spiro atoms. The first-order chi connectivity index (χ1) is 19.5. The number of hydrogen-bond donors (Lipinski definition) is 2. The topological polar surface area (TPSA) is 90.0 Å². The Morgan fingerprint density at radius 1 is 0.825 bits per heavy atom. The van der Waals surface area contributed by atoms with E-state index in [4.69, 9.17) is 4.74 Å². The number of amides is 2. The predicted octanol–water partition coefficient (Wildman–Crippen LogP) is 2.63. The lowest BCUT2D eigenvalue weighted by molar-refractivity contribution is 0.0535. The molecule has 0 unspecified atom stereocenters. The molecule has 4 heterocycles. The fourth-order valence-corrected chi connectivity index (χ4v) is 6.38. The molecule has 10 heteroatoms. The van der Waals surface area contributed by atoms with Gasteiger partial charge < -0.3 is 30.1 Å². The molecule has 2 aromatic rings. The fourth-order valence-electron chi connectivity index (χ4n) is 6.38. The molecule has 9 nitrogen and oxygen atoms in total. The van der Waals surface area contributed by atoms with Crippen LogP contribution in [0.5, 0.6) is 5.88 Å². The van der Waals surface area contributed by atoms with Crippen LogP contribution in [0, 0.1) is 5.82 Å². The predicted molar refractivity (Wildman–Crippen MR) is 151 cm³/mol. The van der Waals surface area contributed by atoms with Crippen LogP contribution in [0.25, 0.3) is 0 Å². The Balaban J connectivity index is 1.11. The number of hydrogen-bond acceptors (Lipinski definition) is 7. The minimum Gasteiger partial charge on any atom is -0.473 e. The van der Waals surface area contributed by atoms with Gasteiger partial charge in [-0.3, -0.25) is 9.59 Å². The minimum absolute atomic E-state index is 0.0697. The molecule has 4 fully saturated rings.